The third-order valence-corrected chi connectivity index (χ3v) is 1.86. The van der Waals surface area contributed by atoms with Crippen LogP contribution in [0.3, 0.4) is 0 Å². The Morgan fingerprint density at radius 1 is 1.00 bits per heavy atom. The highest BCUT2D eigenvalue weighted by molar-refractivity contribution is 5.11. The van der Waals surface area contributed by atoms with Crippen molar-refractivity contribution in [1.29, 1.82) is 15.8 Å². The van der Waals surface area contributed by atoms with Crippen LogP contribution in [0.1, 0.15) is 0 Å². The Labute approximate surface area is 81.8 Å². The van der Waals surface area contributed by atoms with Gasteiger partial charge in [-0.15, -0.1) is 0 Å². The van der Waals surface area contributed by atoms with Gasteiger partial charge in [0.05, 0.1) is 44.5 Å². The van der Waals surface area contributed by atoms with Gasteiger partial charge in [0.2, 0.25) is 0 Å². The first-order chi connectivity index (χ1) is 6.70. The number of hydrogen-bond acceptors (Lipinski definition) is 6. The second-order valence-corrected chi connectivity index (χ2v) is 2.63. The smallest absolute Gasteiger partial charge is 0.157 e. The van der Waals surface area contributed by atoms with Crippen LogP contribution in [0, 0.1) is 34.0 Å². The maximum Gasteiger partial charge on any atom is 0.157 e. The fraction of sp³-hybridized carbons (Fsp3) is 0.625. The number of aliphatic hydroxyl groups is 2. The number of hydrogen-bond donors (Lipinski definition) is 2. The molecule has 74 valence electrons. The lowest BCUT2D eigenvalue weighted by molar-refractivity contribution is 0.0419. The minimum atomic E-state index is -1.55. The summed E-state index contributed by atoms with van der Waals surface area (Å²) in [6, 6.07) is 5.23. The Balaban J connectivity index is 4.86. The van der Waals surface area contributed by atoms with Crippen LogP contribution in [0.5, 0.6) is 0 Å². The van der Waals surface area contributed by atoms with E-state index in [0.717, 1.165) is 4.90 Å². The highest BCUT2D eigenvalue weighted by Crippen LogP contribution is 2.12. The van der Waals surface area contributed by atoms with Gasteiger partial charge in [-0.05, 0) is 0 Å². The summed E-state index contributed by atoms with van der Waals surface area (Å²) in [5, 5.41) is 43.6. The highest BCUT2D eigenvalue weighted by Gasteiger charge is 2.35. The van der Waals surface area contributed by atoms with Gasteiger partial charge < -0.3 is 10.2 Å². The summed E-state index contributed by atoms with van der Waals surface area (Å²) < 4.78 is 0. The number of nitrogens with zero attached hydrogens (tertiary/aromatic N) is 4. The van der Waals surface area contributed by atoms with Crippen LogP contribution in [-0.2, 0) is 0 Å². The number of nitriles is 3. The van der Waals surface area contributed by atoms with Gasteiger partial charge in [-0.3, -0.25) is 4.90 Å². The van der Waals surface area contributed by atoms with Crippen LogP contribution >= 0.6 is 0 Å². The van der Waals surface area contributed by atoms with Crippen LogP contribution < -0.4 is 0 Å². The second kappa shape index (κ2) is 5.90. The molecule has 0 atom stereocenters. The van der Waals surface area contributed by atoms with Crippen LogP contribution in [0.25, 0.3) is 0 Å². The van der Waals surface area contributed by atoms with Crippen molar-refractivity contribution >= 4 is 0 Å². The van der Waals surface area contributed by atoms with Crippen LogP contribution in [-0.4, -0.2) is 47.0 Å². The van der Waals surface area contributed by atoms with Crippen molar-refractivity contribution in [3.63, 3.8) is 0 Å². The van der Waals surface area contributed by atoms with E-state index in [9.17, 15) is 0 Å². The zero-order chi connectivity index (χ0) is 11.0. The minimum absolute atomic E-state index is 0.192. The summed E-state index contributed by atoms with van der Waals surface area (Å²) in [7, 11) is 0. The maximum absolute atomic E-state index is 8.96. The van der Waals surface area contributed by atoms with E-state index in [1.807, 2.05) is 0 Å². The van der Waals surface area contributed by atoms with Crippen molar-refractivity contribution in [2.75, 3.05) is 26.3 Å². The van der Waals surface area contributed by atoms with Crippen molar-refractivity contribution in [3.8, 4) is 18.2 Å². The monoisotopic (exact) mass is 194 g/mol. The summed E-state index contributed by atoms with van der Waals surface area (Å²) >= 11 is 0. The molecule has 0 aliphatic rings. The molecule has 0 saturated carbocycles. The first kappa shape index (κ1) is 12.3. The molecule has 0 aromatic heterocycles. The highest BCUT2D eigenvalue weighted by atomic mass is 16.3. The van der Waals surface area contributed by atoms with E-state index in [4.69, 9.17) is 26.0 Å². The first-order valence-corrected chi connectivity index (χ1v) is 3.82. The zero-order valence-corrected chi connectivity index (χ0v) is 7.51. The van der Waals surface area contributed by atoms with Crippen molar-refractivity contribution in [3.05, 3.63) is 0 Å². The Kier molecular flexibility index (Phi) is 5.21. The lowest BCUT2D eigenvalue weighted by Crippen LogP contribution is -2.53. The fourth-order valence-corrected chi connectivity index (χ4v) is 0.921. The third kappa shape index (κ3) is 2.42. The minimum Gasteiger partial charge on any atom is -0.393 e. The van der Waals surface area contributed by atoms with E-state index < -0.39 is 18.8 Å². The molecule has 0 rings (SSSR count). The number of rotatable bonds is 5. The molecule has 0 aliphatic carbocycles. The molecule has 6 nitrogen and oxygen atoms in total. The molecular weight excluding hydrogens is 184 g/mol. The molecule has 6 heteroatoms. The van der Waals surface area contributed by atoms with Gasteiger partial charge in [0.15, 0.2) is 5.54 Å². The average molecular weight is 194 g/mol. The van der Waals surface area contributed by atoms with Crippen molar-refractivity contribution in [2.24, 2.45) is 0 Å². The third-order valence-electron chi connectivity index (χ3n) is 1.86. The molecule has 0 radical (unpaired) electrons. The Morgan fingerprint density at radius 3 is 1.64 bits per heavy atom. The van der Waals surface area contributed by atoms with Gasteiger partial charge in [-0.25, -0.2) is 0 Å². The quantitative estimate of drug-likeness (QED) is 0.519. The predicted octanol–water partition coefficient (Wildman–Crippen LogP) is -1.42. The van der Waals surface area contributed by atoms with Crippen LogP contribution in [0.2, 0.25) is 0 Å². The van der Waals surface area contributed by atoms with Crippen LogP contribution in [0.15, 0.2) is 0 Å². The Morgan fingerprint density at radius 2 is 1.43 bits per heavy atom. The molecular formula is C8H10N4O2. The summed E-state index contributed by atoms with van der Waals surface area (Å²) in [6.07, 6.45) is 0. The standard InChI is InChI=1S/C8H10N4O2/c9-1-3-12(4-2-10)8(5-11,6-13)7-14/h13-14H,3-4,6-7H2. The normalized spacial score (nSPS) is 10.3. The molecule has 0 aromatic carbocycles. The van der Waals surface area contributed by atoms with E-state index in [1.54, 1.807) is 18.2 Å². The van der Waals surface area contributed by atoms with Gasteiger partial charge in [0.1, 0.15) is 0 Å². The molecule has 0 bridgehead atoms. The van der Waals surface area contributed by atoms with Gasteiger partial charge >= 0.3 is 0 Å². The maximum atomic E-state index is 8.96. The average Bonchev–Trinajstić information content (AvgIpc) is 2.22. The first-order valence-electron chi connectivity index (χ1n) is 3.82. The van der Waals surface area contributed by atoms with Gasteiger partial charge in [0.25, 0.3) is 0 Å². The van der Waals surface area contributed by atoms with Crippen LogP contribution in [0.4, 0.5) is 0 Å². The van der Waals surface area contributed by atoms with Gasteiger partial charge in [-0.2, -0.15) is 15.8 Å². The molecule has 0 saturated heterocycles. The molecule has 0 aliphatic heterocycles. The van der Waals surface area contributed by atoms with E-state index in [2.05, 4.69) is 0 Å². The predicted molar refractivity (Wildman–Crippen MR) is 45.3 cm³/mol. The lowest BCUT2D eigenvalue weighted by Gasteiger charge is -2.32. The summed E-state index contributed by atoms with van der Waals surface area (Å²) in [4.78, 5) is 1.13. The summed E-state index contributed by atoms with van der Waals surface area (Å²) in [6.45, 7) is -1.63. The van der Waals surface area contributed by atoms with E-state index in [1.165, 1.54) is 0 Å². The topological polar surface area (TPSA) is 115 Å². The largest absolute Gasteiger partial charge is 0.393 e. The van der Waals surface area contributed by atoms with Crippen molar-refractivity contribution < 1.29 is 10.2 Å². The van der Waals surface area contributed by atoms with E-state index in [-0.39, 0.29) is 13.1 Å². The SMILES string of the molecule is N#CCN(CC#N)C(C#N)(CO)CO. The molecule has 0 amide bonds. The molecule has 2 N–H and O–H groups in total. The molecule has 0 spiro atoms. The zero-order valence-electron chi connectivity index (χ0n) is 7.51. The summed E-state index contributed by atoms with van der Waals surface area (Å²) in [5.41, 5.74) is -1.55. The van der Waals surface area contributed by atoms with E-state index >= 15 is 0 Å². The van der Waals surface area contributed by atoms with Crippen molar-refractivity contribution in [1.82, 2.24) is 4.90 Å². The van der Waals surface area contributed by atoms with Crippen molar-refractivity contribution in [2.45, 2.75) is 5.54 Å². The molecule has 0 unspecified atom stereocenters. The number of aliphatic hydroxyl groups excluding tert-OH is 2. The summed E-state index contributed by atoms with van der Waals surface area (Å²) in [5.74, 6) is 0. The molecule has 0 aromatic rings. The van der Waals surface area contributed by atoms with E-state index in [0.29, 0.717) is 0 Å². The van der Waals surface area contributed by atoms with Gasteiger partial charge in [-0.1, -0.05) is 0 Å². The molecule has 14 heavy (non-hydrogen) atoms. The molecule has 0 fully saturated rings. The Bertz CT molecular complexity index is 276. The van der Waals surface area contributed by atoms with Gasteiger partial charge in [0, 0.05) is 0 Å². The Hall–Kier alpha value is -1.65. The molecule has 0 heterocycles. The second-order valence-electron chi connectivity index (χ2n) is 2.63. The fourth-order valence-electron chi connectivity index (χ4n) is 0.921. The lowest BCUT2D eigenvalue weighted by atomic mass is 10.0.